The molecule has 0 fully saturated rings. The average Bonchev–Trinajstić information content (AvgIpc) is 3.54. The van der Waals surface area contributed by atoms with Gasteiger partial charge >= 0.3 is 0 Å². The van der Waals surface area contributed by atoms with E-state index in [1.165, 1.54) is 28.6 Å². The zero-order valence-electron chi connectivity index (χ0n) is 20.6. The number of benzene rings is 2. The van der Waals surface area contributed by atoms with Crippen LogP contribution in [-0.2, 0) is 24.2 Å². The summed E-state index contributed by atoms with van der Waals surface area (Å²) < 4.78 is 1.91. The molecular weight excluding hydrogens is 538 g/mol. The second-order valence-corrected chi connectivity index (χ2v) is 11.1. The number of hydrogen-bond acceptors (Lipinski definition) is 6. The third kappa shape index (κ3) is 5.85. The van der Waals surface area contributed by atoms with Crippen molar-refractivity contribution in [1.82, 2.24) is 14.8 Å². The summed E-state index contributed by atoms with van der Waals surface area (Å²) in [7, 11) is 0. The van der Waals surface area contributed by atoms with Crippen LogP contribution in [0.2, 0.25) is 5.02 Å². The highest BCUT2D eigenvalue weighted by Crippen LogP contribution is 2.31. The summed E-state index contributed by atoms with van der Waals surface area (Å²) in [6, 6.07) is 14.6. The number of aromatic nitrogens is 3. The van der Waals surface area contributed by atoms with Gasteiger partial charge in [-0.15, -0.1) is 28.1 Å². The number of halogens is 1. The van der Waals surface area contributed by atoms with E-state index in [4.69, 9.17) is 11.6 Å². The molecule has 0 radical (unpaired) electrons. The number of allylic oxidation sites excluding steroid dienone is 1. The van der Waals surface area contributed by atoms with Crippen LogP contribution in [0.25, 0.3) is 11.4 Å². The predicted octanol–water partition coefficient (Wildman–Crippen LogP) is 6.71. The molecule has 0 unspecified atom stereocenters. The molecule has 0 aliphatic heterocycles. The second kappa shape index (κ2) is 12.0. The van der Waals surface area contributed by atoms with E-state index in [1.54, 1.807) is 29.5 Å². The van der Waals surface area contributed by atoms with Crippen LogP contribution in [0.3, 0.4) is 0 Å². The van der Waals surface area contributed by atoms with E-state index in [2.05, 4.69) is 27.4 Å². The lowest BCUT2D eigenvalue weighted by Crippen LogP contribution is -2.15. The summed E-state index contributed by atoms with van der Waals surface area (Å²) in [5.41, 5.74) is 4.13. The zero-order valence-corrected chi connectivity index (χ0v) is 23.0. The quantitative estimate of drug-likeness (QED) is 0.174. The number of amides is 2. The topological polar surface area (TPSA) is 88.9 Å². The molecule has 0 spiro atoms. The molecule has 2 aromatic heterocycles. The number of carbonyl (C=O) groups is 2. The second-order valence-electron chi connectivity index (χ2n) is 8.81. The molecule has 0 bridgehead atoms. The molecule has 2 N–H and O–H groups in total. The molecule has 38 heavy (non-hydrogen) atoms. The number of nitrogens with one attached hydrogen (secondary N) is 2. The van der Waals surface area contributed by atoms with Crippen LogP contribution >= 0.6 is 34.7 Å². The minimum absolute atomic E-state index is 0.0688. The van der Waals surface area contributed by atoms with Gasteiger partial charge in [0.1, 0.15) is 0 Å². The Bertz CT molecular complexity index is 1480. The maximum Gasteiger partial charge on any atom is 0.256 e. The van der Waals surface area contributed by atoms with Crippen molar-refractivity contribution in [3.63, 3.8) is 0 Å². The molecule has 2 heterocycles. The number of para-hydroxylation sites is 1. The lowest BCUT2D eigenvalue weighted by molar-refractivity contribution is -0.113. The van der Waals surface area contributed by atoms with Gasteiger partial charge in [-0.3, -0.25) is 14.2 Å². The first-order valence-electron chi connectivity index (χ1n) is 12.3. The minimum Gasteiger partial charge on any atom is -0.324 e. The first-order valence-corrected chi connectivity index (χ1v) is 14.5. The van der Waals surface area contributed by atoms with E-state index in [9.17, 15) is 9.59 Å². The van der Waals surface area contributed by atoms with E-state index >= 15 is 0 Å². The number of anilines is 2. The number of rotatable bonds is 9. The van der Waals surface area contributed by atoms with Crippen molar-refractivity contribution >= 4 is 57.9 Å². The van der Waals surface area contributed by atoms with Gasteiger partial charge in [0.15, 0.2) is 11.0 Å². The number of aryl methyl sites for hydroxylation is 1. The van der Waals surface area contributed by atoms with Crippen molar-refractivity contribution in [2.45, 2.75) is 37.4 Å². The lowest BCUT2D eigenvalue weighted by Gasteiger charge is -2.13. The summed E-state index contributed by atoms with van der Waals surface area (Å²) in [5.74, 6) is 0.548. The molecule has 7 nitrogen and oxygen atoms in total. The van der Waals surface area contributed by atoms with E-state index in [-0.39, 0.29) is 17.6 Å². The Morgan fingerprint density at radius 3 is 2.66 bits per heavy atom. The van der Waals surface area contributed by atoms with Gasteiger partial charge in [0.2, 0.25) is 5.91 Å². The molecule has 1 aliphatic rings. The highest BCUT2D eigenvalue weighted by atomic mass is 35.5. The van der Waals surface area contributed by atoms with Crippen LogP contribution in [0.15, 0.2) is 71.7 Å². The Hall–Kier alpha value is -3.40. The SMILES string of the molecule is C=CCn1c(SCC(=O)Nc2ccccc2Cl)nnc1-c1ccc(NC(=O)c2csc3c2CCCC3)cc1. The average molecular weight is 564 g/mol. The minimum atomic E-state index is -0.190. The van der Waals surface area contributed by atoms with Crippen molar-refractivity contribution in [3.05, 3.63) is 87.6 Å². The van der Waals surface area contributed by atoms with Gasteiger partial charge in [0, 0.05) is 28.1 Å². The molecule has 2 amide bonds. The van der Waals surface area contributed by atoms with Crippen LogP contribution in [0.1, 0.15) is 33.6 Å². The Morgan fingerprint density at radius 2 is 1.87 bits per heavy atom. The fourth-order valence-corrected chi connectivity index (χ4v) is 6.42. The largest absolute Gasteiger partial charge is 0.324 e. The predicted molar refractivity (Wildman–Crippen MR) is 155 cm³/mol. The number of hydrogen-bond donors (Lipinski definition) is 2. The van der Waals surface area contributed by atoms with Crippen molar-refractivity contribution in [2.24, 2.45) is 0 Å². The molecular formula is C28H26ClN5O2S2. The molecule has 0 atom stereocenters. The molecule has 10 heteroatoms. The summed E-state index contributed by atoms with van der Waals surface area (Å²) in [6.07, 6.45) is 6.14. The van der Waals surface area contributed by atoms with E-state index in [0.29, 0.717) is 28.2 Å². The third-order valence-electron chi connectivity index (χ3n) is 6.22. The number of fused-ring (bicyclic) bond motifs is 1. The monoisotopic (exact) mass is 563 g/mol. The molecule has 2 aromatic carbocycles. The summed E-state index contributed by atoms with van der Waals surface area (Å²) in [5, 5.41) is 17.6. The fraction of sp³-hybridized carbons (Fsp3) is 0.214. The van der Waals surface area contributed by atoms with Crippen LogP contribution in [0, 0.1) is 0 Å². The van der Waals surface area contributed by atoms with Gasteiger partial charge in [-0.05, 0) is 67.6 Å². The Kier molecular flexibility index (Phi) is 8.26. The van der Waals surface area contributed by atoms with Gasteiger partial charge in [-0.2, -0.15) is 0 Å². The van der Waals surface area contributed by atoms with Crippen LogP contribution in [0.4, 0.5) is 11.4 Å². The third-order valence-corrected chi connectivity index (χ3v) is 8.60. The number of nitrogens with zero attached hydrogens (tertiary/aromatic N) is 3. The van der Waals surface area contributed by atoms with Gasteiger partial charge < -0.3 is 10.6 Å². The van der Waals surface area contributed by atoms with Crippen molar-refractivity contribution < 1.29 is 9.59 Å². The first kappa shape index (κ1) is 26.2. The fourth-order valence-electron chi connectivity index (χ4n) is 4.37. The molecule has 194 valence electrons. The molecule has 0 saturated heterocycles. The molecule has 0 saturated carbocycles. The van der Waals surface area contributed by atoms with Gasteiger partial charge in [0.25, 0.3) is 5.91 Å². The van der Waals surface area contributed by atoms with Crippen LogP contribution < -0.4 is 10.6 Å². The van der Waals surface area contributed by atoms with Crippen LogP contribution in [-0.4, -0.2) is 32.3 Å². The Balaban J connectivity index is 1.26. The van der Waals surface area contributed by atoms with E-state index in [1.807, 2.05) is 46.3 Å². The zero-order chi connectivity index (χ0) is 26.5. The van der Waals surface area contributed by atoms with Gasteiger partial charge in [-0.25, -0.2) is 0 Å². The standard InChI is InChI=1S/C28H26ClN5O2S2/c1-2-15-34-26(32-33-28(34)38-17-25(35)31-23-9-5-4-8-22(23)29)18-11-13-19(14-12-18)30-27(36)21-16-37-24-10-6-3-7-20(21)24/h2,4-5,8-9,11-14,16H,1,3,6-7,10,15,17H2,(H,30,36)(H,31,35). The Morgan fingerprint density at radius 1 is 1.08 bits per heavy atom. The van der Waals surface area contributed by atoms with Crippen molar-refractivity contribution in [3.8, 4) is 11.4 Å². The first-order chi connectivity index (χ1) is 18.5. The van der Waals surface area contributed by atoms with Gasteiger partial charge in [0.05, 0.1) is 22.0 Å². The smallest absolute Gasteiger partial charge is 0.256 e. The highest BCUT2D eigenvalue weighted by molar-refractivity contribution is 7.99. The maximum atomic E-state index is 12.9. The molecule has 1 aliphatic carbocycles. The summed E-state index contributed by atoms with van der Waals surface area (Å²) in [4.78, 5) is 26.7. The van der Waals surface area contributed by atoms with E-state index < -0.39 is 0 Å². The lowest BCUT2D eigenvalue weighted by atomic mass is 9.95. The van der Waals surface area contributed by atoms with Gasteiger partial charge in [-0.1, -0.05) is 41.6 Å². The number of thiophene rings is 1. The van der Waals surface area contributed by atoms with Crippen LogP contribution in [0.5, 0.6) is 0 Å². The maximum absolute atomic E-state index is 12.9. The molecule has 5 rings (SSSR count). The summed E-state index contributed by atoms with van der Waals surface area (Å²) >= 11 is 9.11. The number of thioether (sulfide) groups is 1. The number of carbonyl (C=O) groups excluding carboxylic acids is 2. The molecule has 4 aromatic rings. The summed E-state index contributed by atoms with van der Waals surface area (Å²) in [6.45, 7) is 4.33. The normalized spacial score (nSPS) is 12.6. The van der Waals surface area contributed by atoms with E-state index in [0.717, 1.165) is 36.1 Å². The Labute approximate surface area is 234 Å². The van der Waals surface area contributed by atoms with Crippen molar-refractivity contribution in [1.29, 1.82) is 0 Å². The highest BCUT2D eigenvalue weighted by Gasteiger charge is 2.20. The van der Waals surface area contributed by atoms with Crippen molar-refractivity contribution in [2.75, 3.05) is 16.4 Å².